The standard InChI is InChI=1S/C13H18N6O/c1-20-12-4-2-3-11(12)19-13(16-17-18-19)9-6-5-8(14)7-10(9)15/h5-7,11-12H,2-4,14-15H2,1H3. The number of methoxy groups -OCH3 is 1. The van der Waals surface area contributed by atoms with E-state index in [2.05, 4.69) is 15.5 Å². The number of ether oxygens (including phenoxy) is 1. The van der Waals surface area contributed by atoms with Crippen LogP contribution in [-0.4, -0.2) is 33.4 Å². The topological polar surface area (TPSA) is 105 Å². The normalized spacial score (nSPS) is 22.2. The van der Waals surface area contributed by atoms with E-state index in [4.69, 9.17) is 16.2 Å². The van der Waals surface area contributed by atoms with Gasteiger partial charge in [-0.05, 0) is 47.9 Å². The fraction of sp³-hybridized carbons (Fsp3) is 0.462. The Morgan fingerprint density at radius 1 is 1.30 bits per heavy atom. The maximum Gasteiger partial charge on any atom is 0.184 e. The van der Waals surface area contributed by atoms with Crippen molar-refractivity contribution in [3.05, 3.63) is 18.2 Å². The maximum absolute atomic E-state index is 6.03. The van der Waals surface area contributed by atoms with Crippen LogP contribution in [0.25, 0.3) is 11.4 Å². The summed E-state index contributed by atoms with van der Waals surface area (Å²) in [6.07, 6.45) is 3.29. The Labute approximate surface area is 116 Å². The summed E-state index contributed by atoms with van der Waals surface area (Å²) < 4.78 is 7.34. The molecule has 1 heterocycles. The number of nitrogens with zero attached hydrogens (tertiary/aromatic N) is 4. The van der Waals surface area contributed by atoms with Crippen molar-refractivity contribution < 1.29 is 4.74 Å². The molecule has 7 heteroatoms. The van der Waals surface area contributed by atoms with E-state index in [1.807, 2.05) is 10.7 Å². The lowest BCUT2D eigenvalue weighted by atomic mass is 10.1. The zero-order valence-corrected chi connectivity index (χ0v) is 11.4. The number of hydrogen-bond acceptors (Lipinski definition) is 6. The van der Waals surface area contributed by atoms with Gasteiger partial charge in [-0.15, -0.1) is 5.10 Å². The average Bonchev–Trinajstić information content (AvgIpc) is 3.06. The number of anilines is 2. The van der Waals surface area contributed by atoms with Gasteiger partial charge in [-0.25, -0.2) is 4.68 Å². The van der Waals surface area contributed by atoms with E-state index < -0.39 is 0 Å². The molecule has 0 radical (unpaired) electrons. The van der Waals surface area contributed by atoms with Gasteiger partial charge in [0.25, 0.3) is 0 Å². The van der Waals surface area contributed by atoms with Gasteiger partial charge < -0.3 is 16.2 Å². The van der Waals surface area contributed by atoms with Crippen molar-refractivity contribution in [3.8, 4) is 11.4 Å². The molecule has 20 heavy (non-hydrogen) atoms. The Bertz CT molecular complexity index is 611. The Morgan fingerprint density at radius 3 is 2.90 bits per heavy atom. The van der Waals surface area contributed by atoms with Crippen LogP contribution < -0.4 is 11.5 Å². The third kappa shape index (κ3) is 2.09. The second-order valence-corrected chi connectivity index (χ2v) is 5.07. The van der Waals surface area contributed by atoms with Crippen molar-refractivity contribution in [1.29, 1.82) is 0 Å². The van der Waals surface area contributed by atoms with Crippen molar-refractivity contribution in [2.75, 3.05) is 18.6 Å². The lowest BCUT2D eigenvalue weighted by molar-refractivity contribution is 0.0708. The lowest BCUT2D eigenvalue weighted by Gasteiger charge is -2.19. The zero-order valence-electron chi connectivity index (χ0n) is 11.4. The molecule has 2 unspecified atom stereocenters. The zero-order chi connectivity index (χ0) is 14.1. The molecule has 1 aliphatic carbocycles. The summed E-state index contributed by atoms with van der Waals surface area (Å²) in [5.41, 5.74) is 13.8. The van der Waals surface area contributed by atoms with Crippen LogP contribution in [0.2, 0.25) is 0 Å². The summed E-state index contributed by atoms with van der Waals surface area (Å²) in [7, 11) is 1.73. The van der Waals surface area contributed by atoms with Gasteiger partial charge in [0.2, 0.25) is 0 Å². The quantitative estimate of drug-likeness (QED) is 0.816. The minimum absolute atomic E-state index is 0.146. The number of benzene rings is 1. The van der Waals surface area contributed by atoms with Crippen LogP contribution >= 0.6 is 0 Å². The summed E-state index contributed by atoms with van der Waals surface area (Å²) in [5, 5.41) is 12.0. The second-order valence-electron chi connectivity index (χ2n) is 5.07. The Hall–Kier alpha value is -2.15. The average molecular weight is 274 g/mol. The highest BCUT2D eigenvalue weighted by atomic mass is 16.5. The molecular weight excluding hydrogens is 256 g/mol. The molecule has 4 N–H and O–H groups in total. The number of nitrogen functional groups attached to an aromatic ring is 2. The summed E-state index contributed by atoms with van der Waals surface area (Å²) in [6, 6.07) is 5.52. The molecule has 7 nitrogen and oxygen atoms in total. The lowest BCUT2D eigenvalue weighted by Crippen LogP contribution is -2.22. The van der Waals surface area contributed by atoms with Gasteiger partial charge in [-0.3, -0.25) is 0 Å². The van der Waals surface area contributed by atoms with Gasteiger partial charge in [-0.1, -0.05) is 0 Å². The third-order valence-corrected chi connectivity index (χ3v) is 3.84. The molecule has 0 saturated heterocycles. The van der Waals surface area contributed by atoms with E-state index in [-0.39, 0.29) is 12.1 Å². The first-order chi connectivity index (χ1) is 9.70. The third-order valence-electron chi connectivity index (χ3n) is 3.84. The van der Waals surface area contributed by atoms with Crippen LogP contribution in [0.3, 0.4) is 0 Å². The molecule has 2 atom stereocenters. The van der Waals surface area contributed by atoms with E-state index in [1.54, 1.807) is 19.2 Å². The fourth-order valence-electron chi connectivity index (χ4n) is 2.84. The highest BCUT2D eigenvalue weighted by molar-refractivity contribution is 5.74. The van der Waals surface area contributed by atoms with E-state index in [9.17, 15) is 0 Å². The second kappa shape index (κ2) is 5.09. The number of nitrogens with two attached hydrogens (primary N) is 2. The molecule has 106 valence electrons. The van der Waals surface area contributed by atoms with Crippen LogP contribution in [-0.2, 0) is 4.74 Å². The Kier molecular flexibility index (Phi) is 3.27. The van der Waals surface area contributed by atoms with Crippen LogP contribution in [0.4, 0.5) is 11.4 Å². The number of tetrazole rings is 1. The van der Waals surface area contributed by atoms with E-state index in [1.165, 1.54) is 0 Å². The first-order valence-electron chi connectivity index (χ1n) is 6.66. The predicted octanol–water partition coefficient (Wildman–Crippen LogP) is 1.24. The summed E-state index contributed by atoms with van der Waals surface area (Å²) in [6.45, 7) is 0. The van der Waals surface area contributed by atoms with E-state index in [0.717, 1.165) is 24.8 Å². The largest absolute Gasteiger partial charge is 0.399 e. The molecule has 0 spiro atoms. The smallest absolute Gasteiger partial charge is 0.184 e. The summed E-state index contributed by atoms with van der Waals surface area (Å²) in [4.78, 5) is 0. The van der Waals surface area contributed by atoms with Crippen molar-refractivity contribution in [1.82, 2.24) is 20.2 Å². The van der Waals surface area contributed by atoms with E-state index >= 15 is 0 Å². The maximum atomic E-state index is 6.03. The van der Waals surface area contributed by atoms with Crippen LogP contribution in [0, 0.1) is 0 Å². The first-order valence-corrected chi connectivity index (χ1v) is 6.66. The molecule has 0 aliphatic heterocycles. The Morgan fingerprint density at radius 2 is 2.15 bits per heavy atom. The fourth-order valence-corrected chi connectivity index (χ4v) is 2.84. The molecule has 1 aromatic carbocycles. The molecule has 1 aliphatic rings. The van der Waals surface area contributed by atoms with Gasteiger partial charge in [0.1, 0.15) is 0 Å². The molecule has 2 aromatic rings. The SMILES string of the molecule is COC1CCCC1n1nnnc1-c1ccc(N)cc1N. The summed E-state index contributed by atoms with van der Waals surface area (Å²) in [5.74, 6) is 0.663. The molecular formula is C13H18N6O. The van der Waals surface area contributed by atoms with E-state index in [0.29, 0.717) is 17.2 Å². The van der Waals surface area contributed by atoms with Crippen LogP contribution in [0.15, 0.2) is 18.2 Å². The number of aromatic nitrogens is 4. The van der Waals surface area contributed by atoms with Gasteiger partial charge >= 0.3 is 0 Å². The number of rotatable bonds is 3. The number of hydrogen-bond donors (Lipinski definition) is 2. The van der Waals surface area contributed by atoms with Crippen molar-refractivity contribution in [2.45, 2.75) is 31.4 Å². The van der Waals surface area contributed by atoms with Crippen molar-refractivity contribution in [3.63, 3.8) is 0 Å². The minimum Gasteiger partial charge on any atom is -0.399 e. The van der Waals surface area contributed by atoms with Crippen LogP contribution in [0.1, 0.15) is 25.3 Å². The van der Waals surface area contributed by atoms with Crippen LogP contribution in [0.5, 0.6) is 0 Å². The van der Waals surface area contributed by atoms with Gasteiger partial charge in [0.15, 0.2) is 5.82 Å². The molecule has 3 rings (SSSR count). The predicted molar refractivity (Wildman–Crippen MR) is 75.8 cm³/mol. The highest BCUT2D eigenvalue weighted by Gasteiger charge is 2.32. The Balaban J connectivity index is 2.01. The minimum atomic E-state index is 0.146. The molecule has 1 fully saturated rings. The molecule has 1 aromatic heterocycles. The van der Waals surface area contributed by atoms with Crippen molar-refractivity contribution >= 4 is 11.4 Å². The van der Waals surface area contributed by atoms with Crippen molar-refractivity contribution in [2.24, 2.45) is 0 Å². The summed E-state index contributed by atoms with van der Waals surface area (Å²) >= 11 is 0. The van der Waals surface area contributed by atoms with Gasteiger partial charge in [0, 0.05) is 24.0 Å². The van der Waals surface area contributed by atoms with Gasteiger partial charge in [0.05, 0.1) is 12.1 Å². The van der Waals surface area contributed by atoms with Gasteiger partial charge in [-0.2, -0.15) is 0 Å². The first kappa shape index (κ1) is 12.9. The monoisotopic (exact) mass is 274 g/mol. The molecule has 0 amide bonds. The molecule has 0 bridgehead atoms. The highest BCUT2D eigenvalue weighted by Crippen LogP contribution is 2.35. The molecule has 1 saturated carbocycles.